The molecule has 3 heterocycles. The molecule has 0 fully saturated rings. The number of furan rings is 1. The number of ether oxygens (including phenoxy) is 1. The first-order valence-corrected chi connectivity index (χ1v) is 13.2. The summed E-state index contributed by atoms with van der Waals surface area (Å²) in [6, 6.07) is 15.5. The summed E-state index contributed by atoms with van der Waals surface area (Å²) in [4.78, 5) is 43.4. The summed E-state index contributed by atoms with van der Waals surface area (Å²) in [5.74, 6) is -0.590. The maximum Gasteiger partial charge on any atom is 0.338 e. The number of thiazole rings is 1. The predicted octanol–water partition coefficient (Wildman–Crippen LogP) is 4.37. The van der Waals surface area contributed by atoms with Crippen molar-refractivity contribution in [2.24, 2.45) is 4.99 Å². The van der Waals surface area contributed by atoms with Gasteiger partial charge in [-0.3, -0.25) is 9.36 Å². The highest BCUT2D eigenvalue weighted by Crippen LogP contribution is 2.31. The van der Waals surface area contributed by atoms with E-state index in [-0.39, 0.29) is 17.7 Å². The number of nitrogens with zero attached hydrogens (tertiary/aromatic N) is 2. The zero-order valence-corrected chi connectivity index (χ0v) is 22.7. The van der Waals surface area contributed by atoms with Gasteiger partial charge in [-0.15, -0.1) is 0 Å². The Morgan fingerprint density at radius 2 is 1.85 bits per heavy atom. The van der Waals surface area contributed by atoms with E-state index >= 15 is 0 Å². The average Bonchev–Trinajstić information content (AvgIpc) is 3.48. The number of hydrogen-bond donors (Lipinski definition) is 1. The van der Waals surface area contributed by atoms with E-state index in [1.165, 1.54) is 15.9 Å². The van der Waals surface area contributed by atoms with Crippen molar-refractivity contribution in [3.63, 3.8) is 0 Å². The molecule has 2 aromatic heterocycles. The molecule has 0 aliphatic carbocycles. The second-order valence-electron chi connectivity index (χ2n) is 9.20. The third-order valence-corrected chi connectivity index (χ3v) is 7.62. The number of carboxylic acids is 1. The fraction of sp³-hybridized carbons (Fsp3) is 0.200. The number of benzene rings is 2. The minimum absolute atomic E-state index is 0.197. The second-order valence-corrected chi connectivity index (χ2v) is 10.2. The van der Waals surface area contributed by atoms with Gasteiger partial charge in [0.2, 0.25) is 0 Å². The summed E-state index contributed by atoms with van der Waals surface area (Å²) in [6.45, 7) is 7.39. The zero-order chi connectivity index (χ0) is 27.8. The molecule has 0 bridgehead atoms. The molecule has 0 saturated heterocycles. The van der Waals surface area contributed by atoms with E-state index in [1.807, 2.05) is 31.2 Å². The smallest absolute Gasteiger partial charge is 0.338 e. The van der Waals surface area contributed by atoms with Gasteiger partial charge in [-0.2, -0.15) is 0 Å². The van der Waals surface area contributed by atoms with Gasteiger partial charge < -0.3 is 14.3 Å². The molecule has 0 radical (unpaired) electrons. The van der Waals surface area contributed by atoms with Crippen LogP contribution in [0, 0.1) is 13.8 Å². The molecular weight excluding hydrogens is 516 g/mol. The van der Waals surface area contributed by atoms with Gasteiger partial charge in [-0.25, -0.2) is 14.6 Å². The van der Waals surface area contributed by atoms with Crippen molar-refractivity contribution < 1.29 is 23.8 Å². The summed E-state index contributed by atoms with van der Waals surface area (Å²) in [5, 5.41) is 9.45. The Hall–Kier alpha value is -4.50. The van der Waals surface area contributed by atoms with E-state index in [1.54, 1.807) is 57.2 Å². The van der Waals surface area contributed by atoms with Crippen LogP contribution in [0.15, 0.2) is 80.1 Å². The van der Waals surface area contributed by atoms with Crippen LogP contribution in [0.1, 0.15) is 52.7 Å². The summed E-state index contributed by atoms with van der Waals surface area (Å²) >= 11 is 1.21. The van der Waals surface area contributed by atoms with Gasteiger partial charge >= 0.3 is 11.9 Å². The molecule has 8 nitrogen and oxygen atoms in total. The maximum absolute atomic E-state index is 13.8. The number of rotatable bonds is 6. The van der Waals surface area contributed by atoms with Crippen LogP contribution in [0.2, 0.25) is 0 Å². The highest BCUT2D eigenvalue weighted by atomic mass is 32.1. The Kier molecular flexibility index (Phi) is 6.93. The van der Waals surface area contributed by atoms with E-state index < -0.39 is 18.0 Å². The molecule has 0 amide bonds. The van der Waals surface area contributed by atoms with Crippen LogP contribution in [0.4, 0.5) is 0 Å². The lowest BCUT2D eigenvalue weighted by atomic mass is 9.95. The molecule has 1 aliphatic heterocycles. The molecule has 1 aliphatic rings. The number of allylic oxidation sites excluding steroid dienone is 1. The number of aromatic nitrogens is 1. The van der Waals surface area contributed by atoms with Crippen molar-refractivity contribution in [3.05, 3.63) is 114 Å². The van der Waals surface area contributed by atoms with Crippen molar-refractivity contribution in [1.29, 1.82) is 0 Å². The van der Waals surface area contributed by atoms with Crippen molar-refractivity contribution in [2.75, 3.05) is 6.61 Å². The highest BCUT2D eigenvalue weighted by molar-refractivity contribution is 7.07. The first kappa shape index (κ1) is 26.1. The molecule has 0 spiro atoms. The Morgan fingerprint density at radius 1 is 1.10 bits per heavy atom. The van der Waals surface area contributed by atoms with Crippen LogP contribution in [-0.2, 0) is 9.53 Å². The Balaban J connectivity index is 1.63. The molecule has 4 aromatic rings. The molecule has 2 aromatic carbocycles. The third-order valence-electron chi connectivity index (χ3n) is 6.64. The summed E-state index contributed by atoms with van der Waals surface area (Å²) < 4.78 is 13.3. The molecule has 1 N–H and O–H groups in total. The van der Waals surface area contributed by atoms with Crippen molar-refractivity contribution in [1.82, 2.24) is 4.57 Å². The Labute approximate surface area is 227 Å². The van der Waals surface area contributed by atoms with E-state index in [9.17, 15) is 19.5 Å². The topological polar surface area (TPSA) is 111 Å². The normalized spacial score (nSPS) is 15.2. The fourth-order valence-corrected chi connectivity index (χ4v) is 5.72. The molecule has 0 saturated carbocycles. The lowest BCUT2D eigenvalue weighted by molar-refractivity contribution is -0.139. The summed E-state index contributed by atoms with van der Waals surface area (Å²) in [5.41, 5.74) is 3.80. The Bertz CT molecular complexity index is 1820. The first-order valence-electron chi connectivity index (χ1n) is 12.4. The standard InChI is InChI=1S/C30H26N2O6S/c1-5-37-29(36)25-18(4)31-30-32(26(25)19-11-9-16(2)10-12-19)27(33)24(39-30)15-20-13-14-23(38-20)21-7-6-8-22(17(21)3)28(34)35/h6-15,26H,5H2,1-4H3,(H,34,35)/b24-15+/t26-/m1/s1. The maximum atomic E-state index is 13.8. The van der Waals surface area contributed by atoms with Crippen LogP contribution in [0.25, 0.3) is 17.4 Å². The molecule has 198 valence electrons. The van der Waals surface area contributed by atoms with E-state index in [4.69, 9.17) is 9.15 Å². The van der Waals surface area contributed by atoms with Crippen LogP contribution >= 0.6 is 11.3 Å². The number of fused-ring (bicyclic) bond motifs is 1. The van der Waals surface area contributed by atoms with E-state index in [0.29, 0.717) is 43.3 Å². The average molecular weight is 543 g/mol. The Morgan fingerprint density at radius 3 is 2.54 bits per heavy atom. The summed E-state index contributed by atoms with van der Waals surface area (Å²) in [7, 11) is 0. The number of aromatic carboxylic acids is 1. The number of esters is 1. The molecule has 9 heteroatoms. The zero-order valence-electron chi connectivity index (χ0n) is 21.8. The van der Waals surface area contributed by atoms with Crippen LogP contribution in [0.5, 0.6) is 0 Å². The van der Waals surface area contributed by atoms with Crippen molar-refractivity contribution in [3.8, 4) is 11.3 Å². The van der Waals surface area contributed by atoms with Gasteiger partial charge in [-0.1, -0.05) is 53.3 Å². The number of hydrogen-bond acceptors (Lipinski definition) is 7. The minimum Gasteiger partial charge on any atom is -0.478 e. The monoisotopic (exact) mass is 542 g/mol. The summed E-state index contributed by atoms with van der Waals surface area (Å²) in [6.07, 6.45) is 1.64. The lowest BCUT2D eigenvalue weighted by Crippen LogP contribution is -2.39. The van der Waals surface area contributed by atoms with Gasteiger partial charge in [0, 0.05) is 11.6 Å². The molecule has 0 unspecified atom stereocenters. The van der Waals surface area contributed by atoms with Gasteiger partial charge in [0.15, 0.2) is 4.80 Å². The van der Waals surface area contributed by atoms with Gasteiger partial charge in [0.05, 0.1) is 34.0 Å². The first-order chi connectivity index (χ1) is 18.7. The molecule has 1 atom stereocenters. The SMILES string of the molecule is CCOC(=O)C1=C(C)N=c2s/c(=C/c3ccc(-c4cccc(C(=O)O)c4C)o3)c(=O)n2[C@@H]1c1ccc(C)cc1. The fourth-order valence-electron chi connectivity index (χ4n) is 4.69. The minimum atomic E-state index is -1.01. The van der Waals surface area contributed by atoms with E-state index in [2.05, 4.69) is 4.99 Å². The van der Waals surface area contributed by atoms with Crippen molar-refractivity contribution >= 4 is 29.4 Å². The third kappa shape index (κ3) is 4.77. The lowest BCUT2D eigenvalue weighted by Gasteiger charge is -2.24. The van der Waals surface area contributed by atoms with Crippen LogP contribution < -0.4 is 14.9 Å². The van der Waals surface area contributed by atoms with Crippen molar-refractivity contribution in [2.45, 2.75) is 33.7 Å². The quantitative estimate of drug-likeness (QED) is 0.362. The number of aryl methyl sites for hydroxylation is 1. The molecular formula is C30H26N2O6S. The highest BCUT2D eigenvalue weighted by Gasteiger charge is 2.33. The van der Waals surface area contributed by atoms with E-state index in [0.717, 1.165) is 11.1 Å². The van der Waals surface area contributed by atoms with Crippen LogP contribution in [0.3, 0.4) is 0 Å². The molecule has 39 heavy (non-hydrogen) atoms. The largest absolute Gasteiger partial charge is 0.478 e. The predicted molar refractivity (Wildman–Crippen MR) is 147 cm³/mol. The van der Waals surface area contributed by atoms with Crippen LogP contribution in [-0.4, -0.2) is 28.2 Å². The van der Waals surface area contributed by atoms with Gasteiger partial charge in [-0.05, 0) is 57.0 Å². The van der Waals surface area contributed by atoms with Gasteiger partial charge in [0.1, 0.15) is 11.5 Å². The number of carboxylic acid groups (broad SMARTS) is 1. The second kappa shape index (κ2) is 10.3. The number of carbonyl (C=O) groups is 2. The number of carbonyl (C=O) groups excluding carboxylic acids is 1. The molecule has 5 rings (SSSR count). The van der Waals surface area contributed by atoms with Gasteiger partial charge in [0.25, 0.3) is 5.56 Å².